The van der Waals surface area contributed by atoms with Gasteiger partial charge in [-0.05, 0) is 82.8 Å². The topological polar surface area (TPSA) is 195 Å². The first kappa shape index (κ1) is 38.4. The molecule has 2 bridgehead atoms. The Morgan fingerprint density at radius 1 is 1.05 bits per heavy atom. The van der Waals surface area contributed by atoms with Crippen molar-refractivity contribution < 1.29 is 41.8 Å². The molecule has 302 valence electrons. The molecule has 16 heteroatoms. The zero-order valence-corrected chi connectivity index (χ0v) is 32.9. The Hall–Kier alpha value is -4.47. The Labute approximate surface area is 327 Å². The van der Waals surface area contributed by atoms with E-state index in [2.05, 4.69) is 21.9 Å². The van der Waals surface area contributed by atoms with Gasteiger partial charge in [0.2, 0.25) is 27.7 Å². The van der Waals surface area contributed by atoms with Crippen molar-refractivity contribution in [3.05, 3.63) is 36.5 Å². The molecule has 2 aliphatic heterocycles. The van der Waals surface area contributed by atoms with E-state index in [9.17, 15) is 27.6 Å². The maximum absolute atomic E-state index is 14.8. The highest BCUT2D eigenvalue weighted by Crippen LogP contribution is 2.50. The van der Waals surface area contributed by atoms with Crippen molar-refractivity contribution in [2.75, 3.05) is 13.7 Å². The second-order valence-corrected chi connectivity index (χ2v) is 18.8. The molecule has 3 heterocycles. The van der Waals surface area contributed by atoms with Crippen molar-refractivity contribution in [1.29, 1.82) is 0 Å². The predicted molar refractivity (Wildman–Crippen MR) is 204 cm³/mol. The highest BCUT2D eigenvalue weighted by molar-refractivity contribution is 7.91. The number of hydrogen-bond acceptors (Lipinski definition) is 11. The van der Waals surface area contributed by atoms with Gasteiger partial charge < -0.3 is 29.7 Å². The van der Waals surface area contributed by atoms with Crippen molar-refractivity contribution in [3.63, 3.8) is 0 Å². The van der Waals surface area contributed by atoms with Crippen LogP contribution in [0.15, 0.2) is 30.9 Å². The van der Waals surface area contributed by atoms with E-state index in [1.807, 2.05) is 19.1 Å². The fourth-order valence-corrected chi connectivity index (χ4v) is 10.5. The van der Waals surface area contributed by atoms with Crippen molar-refractivity contribution in [1.82, 2.24) is 30.2 Å². The lowest BCUT2D eigenvalue weighted by Crippen LogP contribution is -2.59. The lowest BCUT2D eigenvalue weighted by Gasteiger charge is -2.32. The summed E-state index contributed by atoms with van der Waals surface area (Å²) in [6.45, 7) is 5.73. The Morgan fingerprint density at radius 3 is 2.54 bits per heavy atom. The molecular weight excluding hydrogens is 741 g/mol. The third-order valence-corrected chi connectivity index (χ3v) is 14.7. The van der Waals surface area contributed by atoms with E-state index >= 15 is 0 Å². The van der Waals surface area contributed by atoms with Crippen LogP contribution in [0.3, 0.4) is 0 Å². The largest absolute Gasteiger partial charge is 0.494 e. The minimum Gasteiger partial charge on any atom is -0.494 e. The van der Waals surface area contributed by atoms with Gasteiger partial charge in [-0.1, -0.05) is 37.8 Å². The van der Waals surface area contributed by atoms with E-state index in [4.69, 9.17) is 24.2 Å². The van der Waals surface area contributed by atoms with Crippen LogP contribution >= 0.6 is 0 Å². The molecule has 4 aliphatic carbocycles. The van der Waals surface area contributed by atoms with Crippen LogP contribution in [0.25, 0.3) is 11.0 Å². The zero-order valence-electron chi connectivity index (χ0n) is 32.1. The number of alkyl carbamates (subject to hydrolysis) is 1. The lowest BCUT2D eigenvalue weighted by molar-refractivity contribution is -0.142. The third kappa shape index (κ3) is 7.52. The quantitative estimate of drug-likeness (QED) is 0.329. The van der Waals surface area contributed by atoms with E-state index in [0.717, 1.165) is 57.8 Å². The number of aryl methyl sites for hydroxylation is 1. The van der Waals surface area contributed by atoms with Crippen LogP contribution in [-0.2, 0) is 35.6 Å². The fraction of sp³-hybridized carbons (Fsp3) is 0.650. The second kappa shape index (κ2) is 14.8. The average molecular weight is 793 g/mol. The van der Waals surface area contributed by atoms with E-state index < -0.39 is 74.3 Å². The van der Waals surface area contributed by atoms with E-state index in [-0.39, 0.29) is 31.2 Å². The molecule has 1 aromatic heterocycles. The maximum Gasteiger partial charge on any atom is 0.408 e. The number of carbonyl (C=O) groups excluding carboxylic acids is 4. The Morgan fingerprint density at radius 2 is 1.82 bits per heavy atom. The summed E-state index contributed by atoms with van der Waals surface area (Å²) in [6.07, 6.45) is 9.46. The average Bonchev–Trinajstić information content (AvgIpc) is 4.12. The molecule has 7 atom stereocenters. The van der Waals surface area contributed by atoms with Crippen molar-refractivity contribution >= 4 is 44.9 Å². The summed E-state index contributed by atoms with van der Waals surface area (Å²) in [5.74, 6) is -1.55. The number of para-hydroxylation sites is 1. The van der Waals surface area contributed by atoms with Crippen LogP contribution < -0.4 is 24.8 Å². The molecule has 7 unspecified atom stereocenters. The number of hydrogen-bond donors (Lipinski definition) is 3. The highest BCUT2D eigenvalue weighted by Gasteiger charge is 2.62. The smallest absolute Gasteiger partial charge is 0.408 e. The SMILES string of the molecule is C=CC1CC1(NC(=O)C1CC2CN1C(=O)C(C1CCCC1)NC(=O)OC1(C)CC1CCCCCc1nc3cccc(OC)c3nc1O2)C(=O)NS(=O)(=O)C1CC1. The van der Waals surface area contributed by atoms with Gasteiger partial charge in [-0.15, -0.1) is 6.58 Å². The summed E-state index contributed by atoms with van der Waals surface area (Å²) in [4.78, 5) is 67.7. The third-order valence-electron chi connectivity index (χ3n) is 12.8. The van der Waals surface area contributed by atoms with Gasteiger partial charge in [-0.3, -0.25) is 19.1 Å². The first-order chi connectivity index (χ1) is 26.8. The van der Waals surface area contributed by atoms with Crippen molar-refractivity contribution in [2.45, 2.75) is 131 Å². The van der Waals surface area contributed by atoms with Crippen LogP contribution in [0.2, 0.25) is 0 Å². The molecule has 8 rings (SSSR count). The number of sulfonamides is 1. The molecule has 0 spiro atoms. The number of nitrogens with one attached hydrogen (secondary N) is 3. The number of methoxy groups -OCH3 is 1. The first-order valence-corrected chi connectivity index (χ1v) is 21.7. The van der Waals surface area contributed by atoms with Crippen LogP contribution in [0.1, 0.15) is 96.1 Å². The molecule has 5 fully saturated rings. The van der Waals surface area contributed by atoms with Crippen LogP contribution in [-0.4, -0.2) is 95.3 Å². The molecule has 4 saturated carbocycles. The van der Waals surface area contributed by atoms with Crippen molar-refractivity contribution in [2.24, 2.45) is 17.8 Å². The standard InChI is InChI=1S/C40H52N6O9S/c1-4-24-21-40(24,37(49)45-56(51,52)27-17-18-27)44-34(47)30-19-26-22-46(30)36(48)32(23-11-8-9-12-23)43-38(50)55-39(2)20-25(39)13-6-5-7-14-29-35(54-26)42-33-28(41-29)15-10-16-31(33)53-3/h4,10,15-16,23-27,30,32H,1,5-9,11-14,17-22H2,2-3H3,(H,43,50)(H,44,47)(H,45,49). The molecule has 4 amide bonds. The van der Waals surface area contributed by atoms with Crippen LogP contribution in [0.4, 0.5) is 4.79 Å². The van der Waals surface area contributed by atoms with Crippen LogP contribution in [0, 0.1) is 17.8 Å². The monoisotopic (exact) mass is 792 g/mol. The molecule has 56 heavy (non-hydrogen) atoms. The number of amides is 4. The molecule has 1 aromatic carbocycles. The number of carbonyl (C=O) groups is 4. The van der Waals surface area contributed by atoms with Gasteiger partial charge in [-0.25, -0.2) is 23.2 Å². The molecule has 6 aliphatic rings. The summed E-state index contributed by atoms with van der Waals surface area (Å²) in [5, 5.41) is 5.13. The normalized spacial score (nSPS) is 32.4. The van der Waals surface area contributed by atoms with E-state index in [0.29, 0.717) is 47.6 Å². The van der Waals surface area contributed by atoms with Gasteiger partial charge in [0.15, 0.2) is 0 Å². The maximum atomic E-state index is 14.8. The van der Waals surface area contributed by atoms with Gasteiger partial charge in [0.1, 0.15) is 46.3 Å². The molecule has 0 radical (unpaired) electrons. The Bertz CT molecular complexity index is 2040. The summed E-state index contributed by atoms with van der Waals surface area (Å²) >= 11 is 0. The highest BCUT2D eigenvalue weighted by atomic mass is 32.2. The number of fused-ring (bicyclic) bond motifs is 5. The second-order valence-electron chi connectivity index (χ2n) is 16.8. The first-order valence-electron chi connectivity index (χ1n) is 20.1. The molecule has 2 aromatic rings. The number of nitrogens with zero attached hydrogens (tertiary/aromatic N) is 3. The molecule has 1 saturated heterocycles. The minimum atomic E-state index is -3.90. The van der Waals surface area contributed by atoms with Gasteiger partial charge in [0, 0.05) is 18.3 Å². The van der Waals surface area contributed by atoms with Gasteiger partial charge >= 0.3 is 6.09 Å². The van der Waals surface area contributed by atoms with Gasteiger partial charge in [0.25, 0.3) is 5.91 Å². The van der Waals surface area contributed by atoms with Gasteiger partial charge in [0.05, 0.1) is 24.4 Å². The zero-order chi connectivity index (χ0) is 39.4. The number of ether oxygens (including phenoxy) is 3. The Kier molecular flexibility index (Phi) is 10.1. The molecule has 15 nitrogen and oxygen atoms in total. The van der Waals surface area contributed by atoms with Gasteiger partial charge in [-0.2, -0.15) is 0 Å². The lowest BCUT2D eigenvalue weighted by atomic mass is 9.96. The molecule has 3 N–H and O–H groups in total. The van der Waals surface area contributed by atoms with Crippen LogP contribution in [0.5, 0.6) is 11.6 Å². The minimum absolute atomic E-state index is 0.0120. The summed E-state index contributed by atoms with van der Waals surface area (Å²) in [5.41, 5.74) is -0.322. The predicted octanol–water partition coefficient (Wildman–Crippen LogP) is 3.84. The van der Waals surface area contributed by atoms with Crippen molar-refractivity contribution in [3.8, 4) is 11.6 Å². The van der Waals surface area contributed by atoms with E-state index in [1.54, 1.807) is 13.2 Å². The summed E-state index contributed by atoms with van der Waals surface area (Å²) < 4.78 is 46.0. The number of rotatable bonds is 8. The number of benzene rings is 1. The Balaban J connectivity index is 1.13. The number of aromatic nitrogens is 2. The summed E-state index contributed by atoms with van der Waals surface area (Å²) in [7, 11) is -2.34. The molecular formula is C40H52N6O9S. The summed E-state index contributed by atoms with van der Waals surface area (Å²) in [6, 6.07) is 3.44. The van der Waals surface area contributed by atoms with E-state index in [1.165, 1.54) is 11.0 Å². The fourth-order valence-electron chi connectivity index (χ4n) is 9.09.